The van der Waals surface area contributed by atoms with Crippen molar-refractivity contribution in [2.45, 2.75) is 11.3 Å². The lowest BCUT2D eigenvalue weighted by Gasteiger charge is -2.03. The van der Waals surface area contributed by atoms with E-state index in [-0.39, 0.29) is 11.8 Å². The molecule has 7 heteroatoms. The molecule has 0 unspecified atom stereocenters. The smallest absolute Gasteiger partial charge is 0.316 e. The van der Waals surface area contributed by atoms with Crippen LogP contribution in [0.4, 0.5) is 0 Å². The van der Waals surface area contributed by atoms with Gasteiger partial charge in [0.2, 0.25) is 5.82 Å². The molecular formula is C17H16N4O2S. The van der Waals surface area contributed by atoms with Crippen molar-refractivity contribution >= 4 is 17.7 Å². The van der Waals surface area contributed by atoms with Crippen LogP contribution < -0.4 is 5.32 Å². The highest BCUT2D eigenvalue weighted by Crippen LogP contribution is 2.15. The van der Waals surface area contributed by atoms with Crippen molar-refractivity contribution < 1.29 is 9.32 Å². The van der Waals surface area contributed by atoms with Crippen LogP contribution in [-0.4, -0.2) is 33.8 Å². The molecule has 0 aliphatic heterocycles. The van der Waals surface area contributed by atoms with Crippen molar-refractivity contribution in [1.82, 2.24) is 20.4 Å². The summed E-state index contributed by atoms with van der Waals surface area (Å²) in [6.07, 6.45) is 6.05. The van der Waals surface area contributed by atoms with E-state index in [1.165, 1.54) is 4.90 Å². The topological polar surface area (TPSA) is 80.9 Å². The Labute approximate surface area is 143 Å². The van der Waals surface area contributed by atoms with Crippen LogP contribution in [0.2, 0.25) is 0 Å². The van der Waals surface area contributed by atoms with Crippen LogP contribution in [0.15, 0.2) is 58.2 Å². The molecule has 24 heavy (non-hydrogen) atoms. The van der Waals surface area contributed by atoms with Gasteiger partial charge in [0.25, 0.3) is 0 Å². The second-order valence-corrected chi connectivity index (χ2v) is 5.90. The molecule has 0 radical (unpaired) electrons. The van der Waals surface area contributed by atoms with Gasteiger partial charge in [-0.1, -0.05) is 17.3 Å². The molecule has 122 valence electrons. The monoisotopic (exact) mass is 340 g/mol. The molecule has 3 aromatic rings. The van der Waals surface area contributed by atoms with Gasteiger partial charge in [-0.25, -0.2) is 0 Å². The summed E-state index contributed by atoms with van der Waals surface area (Å²) in [6, 6.07) is 11.8. The van der Waals surface area contributed by atoms with E-state index in [0.717, 1.165) is 12.0 Å². The third kappa shape index (κ3) is 3.99. The Hall–Kier alpha value is -2.67. The van der Waals surface area contributed by atoms with Gasteiger partial charge in [0.15, 0.2) is 0 Å². The zero-order valence-electron chi connectivity index (χ0n) is 13.1. The summed E-state index contributed by atoms with van der Waals surface area (Å²) in [5.41, 5.74) is 1.86. The van der Waals surface area contributed by atoms with Gasteiger partial charge in [-0.05, 0) is 42.5 Å². The molecule has 6 nitrogen and oxygen atoms in total. The van der Waals surface area contributed by atoms with Crippen LogP contribution in [0.1, 0.15) is 16.2 Å². The predicted octanol–water partition coefficient (Wildman–Crippen LogP) is 2.83. The molecule has 0 saturated heterocycles. The molecule has 0 fully saturated rings. The van der Waals surface area contributed by atoms with Crippen molar-refractivity contribution in [2.24, 2.45) is 0 Å². The number of nitrogens with one attached hydrogen (secondary N) is 1. The maximum Gasteiger partial charge on any atom is 0.316 e. The molecule has 0 bridgehead atoms. The Bertz CT molecular complexity index is 803. The second-order valence-electron chi connectivity index (χ2n) is 5.02. The van der Waals surface area contributed by atoms with Crippen LogP contribution in [-0.2, 0) is 6.42 Å². The number of aromatic nitrogens is 3. The first-order valence-electron chi connectivity index (χ1n) is 7.41. The molecule has 2 aromatic heterocycles. The first-order chi connectivity index (χ1) is 11.8. The average molecular weight is 340 g/mol. The number of carbonyl (C=O) groups excluding carboxylic acids is 1. The first-order valence-corrected chi connectivity index (χ1v) is 8.64. The van der Waals surface area contributed by atoms with Gasteiger partial charge in [-0.15, -0.1) is 11.8 Å². The first kappa shape index (κ1) is 16.2. The maximum atomic E-state index is 12.1. The summed E-state index contributed by atoms with van der Waals surface area (Å²) in [6.45, 7) is 0.502. The number of amides is 1. The van der Waals surface area contributed by atoms with Gasteiger partial charge in [-0.3, -0.25) is 9.78 Å². The maximum absolute atomic E-state index is 12.1. The number of hydrogen-bond acceptors (Lipinski definition) is 6. The van der Waals surface area contributed by atoms with Crippen LogP contribution >= 0.6 is 11.8 Å². The zero-order valence-corrected chi connectivity index (χ0v) is 13.9. The number of rotatable bonds is 6. The summed E-state index contributed by atoms with van der Waals surface area (Å²) in [4.78, 5) is 21.4. The third-order valence-corrected chi connectivity index (χ3v) is 4.14. The summed E-state index contributed by atoms with van der Waals surface area (Å²) in [5.74, 6) is -0.0779. The summed E-state index contributed by atoms with van der Waals surface area (Å²) in [7, 11) is 0. The van der Waals surface area contributed by atoms with Crippen molar-refractivity contribution in [1.29, 1.82) is 0 Å². The minimum atomic E-state index is -0.377. The van der Waals surface area contributed by atoms with E-state index >= 15 is 0 Å². The van der Waals surface area contributed by atoms with Crippen molar-refractivity contribution in [3.8, 4) is 11.4 Å². The van der Waals surface area contributed by atoms with Gasteiger partial charge >= 0.3 is 11.8 Å². The molecule has 1 amide bonds. The zero-order chi connectivity index (χ0) is 16.8. The van der Waals surface area contributed by atoms with Gasteiger partial charge in [-0.2, -0.15) is 4.98 Å². The second kappa shape index (κ2) is 7.74. The van der Waals surface area contributed by atoms with Crippen LogP contribution in [0.3, 0.4) is 0 Å². The number of pyridine rings is 1. The lowest BCUT2D eigenvalue weighted by molar-refractivity contribution is 0.0910. The minimum absolute atomic E-state index is 0.0495. The van der Waals surface area contributed by atoms with E-state index in [0.29, 0.717) is 17.9 Å². The van der Waals surface area contributed by atoms with E-state index in [2.05, 4.69) is 44.7 Å². The third-order valence-electron chi connectivity index (χ3n) is 3.40. The quantitative estimate of drug-likeness (QED) is 0.695. The number of benzene rings is 1. The summed E-state index contributed by atoms with van der Waals surface area (Å²) >= 11 is 1.70. The SMILES string of the molecule is CSc1ccc(CCNC(=O)c2nc(-c3cccnc3)no2)cc1. The Morgan fingerprint density at radius 3 is 2.79 bits per heavy atom. The van der Waals surface area contributed by atoms with Crippen LogP contribution in [0.5, 0.6) is 0 Å². The van der Waals surface area contributed by atoms with Crippen LogP contribution in [0, 0.1) is 0 Å². The van der Waals surface area contributed by atoms with Crippen molar-refractivity contribution in [2.75, 3.05) is 12.8 Å². The molecule has 3 rings (SSSR count). The van der Waals surface area contributed by atoms with Gasteiger partial charge in [0.05, 0.1) is 0 Å². The fourth-order valence-corrected chi connectivity index (χ4v) is 2.52. The number of carbonyl (C=O) groups is 1. The predicted molar refractivity (Wildman–Crippen MR) is 91.8 cm³/mol. The number of thioether (sulfide) groups is 1. The molecule has 0 atom stereocenters. The van der Waals surface area contributed by atoms with E-state index in [4.69, 9.17) is 4.52 Å². The Morgan fingerprint density at radius 1 is 1.25 bits per heavy atom. The minimum Gasteiger partial charge on any atom is -0.347 e. The van der Waals surface area contributed by atoms with Gasteiger partial charge in [0.1, 0.15) is 0 Å². The number of hydrogen-bond donors (Lipinski definition) is 1. The molecule has 2 heterocycles. The average Bonchev–Trinajstić information content (AvgIpc) is 3.13. The normalized spacial score (nSPS) is 10.5. The van der Waals surface area contributed by atoms with E-state index < -0.39 is 0 Å². The van der Waals surface area contributed by atoms with Crippen molar-refractivity contribution in [3.05, 3.63) is 60.2 Å². The molecule has 0 aliphatic rings. The largest absolute Gasteiger partial charge is 0.347 e. The highest BCUT2D eigenvalue weighted by atomic mass is 32.2. The Kier molecular flexibility index (Phi) is 5.22. The highest BCUT2D eigenvalue weighted by molar-refractivity contribution is 7.98. The fraction of sp³-hybridized carbons (Fsp3) is 0.176. The summed E-state index contributed by atoms with van der Waals surface area (Å²) < 4.78 is 5.01. The van der Waals surface area contributed by atoms with E-state index in [9.17, 15) is 4.79 Å². The molecule has 0 saturated carbocycles. The Balaban J connectivity index is 1.54. The highest BCUT2D eigenvalue weighted by Gasteiger charge is 2.15. The summed E-state index contributed by atoms with van der Waals surface area (Å²) in [5, 5.41) is 6.59. The fourth-order valence-electron chi connectivity index (χ4n) is 2.12. The van der Waals surface area contributed by atoms with E-state index in [1.807, 2.05) is 6.26 Å². The molecular weight excluding hydrogens is 324 g/mol. The standard InChI is InChI=1S/C17H16N4O2S/c1-24-14-6-4-12(5-7-14)8-10-19-16(22)17-20-15(21-23-17)13-3-2-9-18-11-13/h2-7,9,11H,8,10H2,1H3,(H,19,22). The Morgan fingerprint density at radius 2 is 2.08 bits per heavy atom. The molecule has 1 N–H and O–H groups in total. The lowest BCUT2D eigenvalue weighted by Crippen LogP contribution is -2.26. The van der Waals surface area contributed by atoms with Crippen LogP contribution in [0.25, 0.3) is 11.4 Å². The molecule has 0 aliphatic carbocycles. The number of nitrogens with zero attached hydrogens (tertiary/aromatic N) is 3. The molecule has 0 spiro atoms. The molecule has 1 aromatic carbocycles. The lowest BCUT2D eigenvalue weighted by atomic mass is 10.1. The van der Waals surface area contributed by atoms with E-state index in [1.54, 1.807) is 36.3 Å². The van der Waals surface area contributed by atoms with Gasteiger partial charge < -0.3 is 9.84 Å². The van der Waals surface area contributed by atoms with Crippen molar-refractivity contribution in [3.63, 3.8) is 0 Å². The van der Waals surface area contributed by atoms with Gasteiger partial charge in [0, 0.05) is 29.4 Å².